The molecule has 108 heavy (non-hydrogen) atoms. The van der Waals surface area contributed by atoms with E-state index in [-0.39, 0.29) is 23.0 Å². The van der Waals surface area contributed by atoms with Crippen LogP contribution in [0, 0.1) is 0 Å². The zero-order valence-electron chi connectivity index (χ0n) is 62.7. The molecule has 2 aliphatic heterocycles. The molecule has 3 heterocycles. The van der Waals surface area contributed by atoms with Gasteiger partial charge in [0, 0.05) is 61.5 Å². The fourth-order valence-corrected chi connectivity index (χ4v) is 18.0. The first-order chi connectivity index (χ1) is 52.5. The topological polar surface area (TPSA) is 11.4 Å². The van der Waals surface area contributed by atoms with Crippen molar-refractivity contribution in [2.45, 2.75) is 78.6 Å². The summed E-state index contributed by atoms with van der Waals surface area (Å²) in [4.78, 5) is 5.50. The van der Waals surface area contributed by atoms with E-state index in [2.05, 4.69) is 410 Å². The molecule has 1 aromatic heterocycles. The highest BCUT2D eigenvalue weighted by Gasteiger charge is 2.47. The average Bonchev–Trinajstić information content (AvgIpc) is 1.15. The molecule has 18 aromatic rings. The zero-order chi connectivity index (χ0) is 73.1. The van der Waals surface area contributed by atoms with E-state index >= 15 is 0 Å². The van der Waals surface area contributed by atoms with Crippen LogP contribution in [0.1, 0.15) is 79.0 Å². The lowest BCUT2D eigenvalue weighted by molar-refractivity contribution is 0.590. The third-order valence-corrected chi connectivity index (χ3v) is 23.5. The Hall–Kier alpha value is -12.5. The van der Waals surface area contributed by atoms with Crippen molar-refractivity contribution in [2.75, 3.05) is 9.80 Å². The second kappa shape index (κ2) is 24.5. The van der Waals surface area contributed by atoms with Crippen LogP contribution >= 0.6 is 0 Å². The van der Waals surface area contributed by atoms with Crippen LogP contribution in [0.2, 0.25) is 0 Å². The maximum Gasteiger partial charge on any atom is 0.252 e. The molecule has 20 rings (SSSR count). The van der Waals surface area contributed by atoms with E-state index in [4.69, 9.17) is 0 Å². The van der Waals surface area contributed by atoms with Crippen LogP contribution in [0.5, 0.6) is 0 Å². The number of rotatable bonds is 10. The number of benzene rings is 17. The van der Waals surface area contributed by atoms with E-state index in [0.29, 0.717) is 0 Å². The summed E-state index contributed by atoms with van der Waals surface area (Å²) in [6.07, 6.45) is 0. The van der Waals surface area contributed by atoms with Gasteiger partial charge in [-0.15, -0.1) is 0 Å². The van der Waals surface area contributed by atoms with Gasteiger partial charge in [0.25, 0.3) is 6.71 Å². The van der Waals surface area contributed by atoms with Crippen molar-refractivity contribution in [3.05, 3.63) is 350 Å². The maximum atomic E-state index is 2.76. The molecule has 0 saturated heterocycles. The van der Waals surface area contributed by atoms with Gasteiger partial charge >= 0.3 is 0 Å². The first-order valence-corrected chi connectivity index (χ1v) is 38.3. The molecular formula is C104H82BN3. The first-order valence-electron chi connectivity index (χ1n) is 38.3. The van der Waals surface area contributed by atoms with E-state index in [1.807, 2.05) is 0 Å². The number of hydrogen-bond donors (Lipinski definition) is 0. The van der Waals surface area contributed by atoms with E-state index < -0.39 is 0 Å². The van der Waals surface area contributed by atoms with Crippen LogP contribution in [0.15, 0.2) is 334 Å². The predicted molar refractivity (Wildman–Crippen MR) is 464 cm³/mol. The van der Waals surface area contributed by atoms with Gasteiger partial charge in [-0.25, -0.2) is 0 Å². The number of aromatic nitrogens is 1. The fraction of sp³-hybridized carbons (Fsp3) is 0.115. The van der Waals surface area contributed by atoms with E-state index in [1.165, 1.54) is 132 Å². The standard InChI is InChI=1S/C104H82BN3/c1-102(2,3)77-58-83(68-35-21-13-22-36-68)100(84(59-77)69-37-23-14-24-38-69)108-92-64-80(106-90-53-47-70-39-27-45-81-82-46-28-40-71-48-54-91(106)98(96(71)82)97(90)95(70)81)50-51-87(92)105-88-57-74(67-33-19-12-20-34-67)49-52-89(88)107(93-62-79(104(7,8)9)63-94(108)99(93)105)101-85(75-43-25-41-72(55-75)65-29-15-10-16-30-65)60-78(103(4,5)6)61-86(101)76-44-26-42-73(56-76)66-31-17-11-18-32-66/h10-64H,1-9H3. The molecule has 0 unspecified atom stereocenters. The van der Waals surface area contributed by atoms with Crippen molar-refractivity contribution in [1.29, 1.82) is 0 Å². The monoisotopic (exact) mass is 1380 g/mol. The molecule has 4 heteroatoms. The van der Waals surface area contributed by atoms with E-state index in [9.17, 15) is 0 Å². The number of anilines is 6. The Balaban J connectivity index is 0.962. The Morgan fingerprint density at radius 3 is 1.05 bits per heavy atom. The van der Waals surface area contributed by atoms with Gasteiger partial charge in [0.05, 0.1) is 22.4 Å². The largest absolute Gasteiger partial charge is 0.310 e. The molecule has 516 valence electrons. The molecule has 0 aliphatic carbocycles. The van der Waals surface area contributed by atoms with Gasteiger partial charge in [0.1, 0.15) is 0 Å². The maximum absolute atomic E-state index is 2.76. The minimum atomic E-state index is -0.340. The summed E-state index contributed by atoms with van der Waals surface area (Å²) < 4.78 is 2.60. The minimum absolute atomic E-state index is 0.205. The molecule has 0 saturated carbocycles. The van der Waals surface area contributed by atoms with Crippen LogP contribution in [0.3, 0.4) is 0 Å². The van der Waals surface area contributed by atoms with Crippen LogP contribution in [0.4, 0.5) is 34.1 Å². The molecule has 3 nitrogen and oxygen atoms in total. The van der Waals surface area contributed by atoms with Gasteiger partial charge in [0.2, 0.25) is 0 Å². The Morgan fingerprint density at radius 1 is 0.241 bits per heavy atom. The first kappa shape index (κ1) is 65.1. The number of hydrogen-bond acceptors (Lipinski definition) is 2. The normalized spacial score (nSPS) is 13.0. The summed E-state index contributed by atoms with van der Waals surface area (Å²) >= 11 is 0. The van der Waals surface area contributed by atoms with Crippen LogP contribution in [0.25, 0.3) is 138 Å². The minimum Gasteiger partial charge on any atom is -0.310 e. The molecule has 2 aliphatic rings. The summed E-state index contributed by atoms with van der Waals surface area (Å²) in [7, 11) is 0. The summed E-state index contributed by atoms with van der Waals surface area (Å²) in [5.41, 5.74) is 33.4. The Bertz CT molecular complexity index is 6320. The Morgan fingerprint density at radius 2 is 0.611 bits per heavy atom. The summed E-state index contributed by atoms with van der Waals surface area (Å²) in [5.74, 6) is 0. The fourth-order valence-electron chi connectivity index (χ4n) is 18.0. The van der Waals surface area contributed by atoms with Gasteiger partial charge in [-0.05, 0) is 216 Å². The number of fused-ring (bicyclic) bond motifs is 5. The molecule has 0 radical (unpaired) electrons. The van der Waals surface area contributed by atoms with Gasteiger partial charge in [0.15, 0.2) is 0 Å². The highest BCUT2D eigenvalue weighted by molar-refractivity contribution is 7.00. The molecule has 17 aromatic carbocycles. The van der Waals surface area contributed by atoms with Crippen molar-refractivity contribution >= 4 is 111 Å². The van der Waals surface area contributed by atoms with Crippen molar-refractivity contribution in [3.63, 3.8) is 0 Å². The lowest BCUT2D eigenvalue weighted by atomic mass is 9.33. The Kier molecular flexibility index (Phi) is 14.8. The highest BCUT2D eigenvalue weighted by Crippen LogP contribution is 2.57. The third-order valence-electron chi connectivity index (χ3n) is 23.5. The van der Waals surface area contributed by atoms with Crippen LogP contribution in [-0.2, 0) is 16.2 Å². The van der Waals surface area contributed by atoms with Crippen molar-refractivity contribution in [3.8, 4) is 83.6 Å². The molecule has 0 fully saturated rings. The quantitative estimate of drug-likeness (QED) is 0.0768. The third kappa shape index (κ3) is 10.4. The smallest absolute Gasteiger partial charge is 0.252 e. The van der Waals surface area contributed by atoms with Gasteiger partial charge < -0.3 is 14.4 Å². The molecule has 0 N–H and O–H groups in total. The predicted octanol–water partition coefficient (Wildman–Crippen LogP) is 26.8. The van der Waals surface area contributed by atoms with Crippen molar-refractivity contribution < 1.29 is 0 Å². The summed E-state index contributed by atoms with van der Waals surface area (Å²) in [6.45, 7) is 21.2. The zero-order valence-corrected chi connectivity index (χ0v) is 62.7. The average molecular weight is 1380 g/mol. The number of nitrogens with zero attached hydrogens (tertiary/aromatic N) is 3. The van der Waals surface area contributed by atoms with Crippen molar-refractivity contribution in [2.24, 2.45) is 0 Å². The highest BCUT2D eigenvalue weighted by atomic mass is 15.2. The molecule has 0 spiro atoms. The lowest BCUT2D eigenvalue weighted by Gasteiger charge is -2.47. The second-order valence-corrected chi connectivity index (χ2v) is 33.2. The van der Waals surface area contributed by atoms with Crippen LogP contribution < -0.4 is 26.2 Å². The summed E-state index contributed by atoms with van der Waals surface area (Å²) in [6, 6.07) is 128. The molecular weight excluding hydrogens is 1300 g/mol. The lowest BCUT2D eigenvalue weighted by Crippen LogP contribution is -2.61. The van der Waals surface area contributed by atoms with Gasteiger partial charge in [-0.1, -0.05) is 317 Å². The van der Waals surface area contributed by atoms with E-state index in [0.717, 1.165) is 73.2 Å². The van der Waals surface area contributed by atoms with Gasteiger partial charge in [-0.2, -0.15) is 0 Å². The van der Waals surface area contributed by atoms with E-state index in [1.54, 1.807) is 0 Å². The Labute approximate surface area is 634 Å². The molecule has 0 bridgehead atoms. The molecule has 0 atom stereocenters. The van der Waals surface area contributed by atoms with Crippen LogP contribution in [-0.4, -0.2) is 11.3 Å². The van der Waals surface area contributed by atoms with Crippen molar-refractivity contribution in [1.82, 2.24) is 4.57 Å². The van der Waals surface area contributed by atoms with Gasteiger partial charge in [-0.3, -0.25) is 0 Å². The molecule has 0 amide bonds. The SMILES string of the molecule is CC(C)(C)c1cc(-c2cccc(-c3ccccc3)c2)c(N2c3ccc(-c4ccccc4)cc3B3c4ccc(-n5c6ccc7cccc8c9cccc%10ccc5c(c%109)c6c78)cc4N(c4c(-c5ccccc5)cc(C(C)(C)C)cc4-c4ccccc4)c4cc(C(C)(C)C)cc2c43)c(-c2cccc(-c3ccccc3)c2)c1. The summed E-state index contributed by atoms with van der Waals surface area (Å²) in [5, 5.41) is 10.4. The second-order valence-electron chi connectivity index (χ2n) is 33.2.